The highest BCUT2D eigenvalue weighted by Crippen LogP contribution is 2.44. The minimum Gasteiger partial charge on any atom is -0.345 e. The summed E-state index contributed by atoms with van der Waals surface area (Å²) in [5, 5.41) is 17.1. The van der Waals surface area contributed by atoms with Crippen LogP contribution in [-0.4, -0.2) is 96.0 Å². The lowest BCUT2D eigenvalue weighted by Crippen LogP contribution is -2.35. The first-order valence-electron chi connectivity index (χ1n) is 21.5. The van der Waals surface area contributed by atoms with Gasteiger partial charge in [-0.2, -0.15) is 0 Å². The number of rotatable bonds is 12. The number of nitrogens with one attached hydrogen (secondary N) is 3. The van der Waals surface area contributed by atoms with Crippen molar-refractivity contribution in [2.45, 2.75) is 124 Å². The SMILES string of the molecule is CC[C@@H]1C[C@H](NS(=O)(=O)C2CC2)C[C@@H]1c1nnc2cnc3[nH]ccc3n12.CC[C@@H]1C[C@H](NS(=O)(=O)C2CC2)C[C@@H]1c1nnc2cnc3c(ccn3S(=O)(=O)c3ccc(C)cc3)n12. The molecule has 6 atom stereocenters. The Kier molecular flexibility index (Phi) is 10.3. The van der Waals surface area contributed by atoms with Gasteiger partial charge in [-0.25, -0.2) is 48.6 Å². The molecule has 328 valence electrons. The summed E-state index contributed by atoms with van der Waals surface area (Å²) in [5.41, 5.74) is 4.88. The molecule has 21 heteroatoms. The van der Waals surface area contributed by atoms with Crippen molar-refractivity contribution in [3.63, 3.8) is 0 Å². The van der Waals surface area contributed by atoms with Crippen LogP contribution in [-0.2, 0) is 30.1 Å². The fraction of sp³-hybridized carbons (Fsp3) is 0.512. The fourth-order valence-electron chi connectivity index (χ4n) is 9.74. The van der Waals surface area contributed by atoms with Crippen LogP contribution in [0.5, 0.6) is 0 Å². The van der Waals surface area contributed by atoms with Crippen LogP contribution < -0.4 is 9.44 Å². The van der Waals surface area contributed by atoms with E-state index in [1.54, 1.807) is 36.5 Å². The van der Waals surface area contributed by atoms with E-state index < -0.39 is 30.1 Å². The van der Waals surface area contributed by atoms with Gasteiger partial charge >= 0.3 is 0 Å². The highest BCUT2D eigenvalue weighted by Gasteiger charge is 2.44. The van der Waals surface area contributed by atoms with Crippen molar-refractivity contribution in [2.75, 3.05) is 0 Å². The number of hydrogen-bond acceptors (Lipinski definition) is 12. The summed E-state index contributed by atoms with van der Waals surface area (Å²) in [7, 11) is -10.3. The van der Waals surface area contributed by atoms with E-state index >= 15 is 0 Å². The summed E-state index contributed by atoms with van der Waals surface area (Å²) in [6.07, 6.45) is 14.5. The van der Waals surface area contributed by atoms with Crippen molar-refractivity contribution in [3.05, 3.63) is 78.4 Å². The van der Waals surface area contributed by atoms with Crippen molar-refractivity contribution >= 4 is 63.7 Å². The van der Waals surface area contributed by atoms with Crippen LogP contribution in [0, 0.1) is 18.8 Å². The third-order valence-electron chi connectivity index (χ3n) is 13.3. The number of H-pyrrole nitrogens is 1. The van der Waals surface area contributed by atoms with Gasteiger partial charge < -0.3 is 4.98 Å². The Hall–Kier alpha value is -4.83. The molecule has 7 aromatic rings. The Bertz CT molecular complexity index is 3150. The van der Waals surface area contributed by atoms with E-state index in [2.05, 4.69) is 63.0 Å². The van der Waals surface area contributed by atoms with Crippen LogP contribution >= 0.6 is 0 Å². The zero-order valence-corrected chi connectivity index (χ0v) is 37.1. The minimum atomic E-state index is -3.85. The van der Waals surface area contributed by atoms with Crippen molar-refractivity contribution in [2.24, 2.45) is 11.8 Å². The van der Waals surface area contributed by atoms with Gasteiger partial charge in [-0.05, 0) is 94.4 Å². The van der Waals surface area contributed by atoms with Gasteiger partial charge in [0, 0.05) is 36.3 Å². The van der Waals surface area contributed by atoms with E-state index in [-0.39, 0.29) is 45.2 Å². The number of sulfonamides is 2. The lowest BCUT2D eigenvalue weighted by atomic mass is 9.93. The van der Waals surface area contributed by atoms with Gasteiger partial charge in [-0.1, -0.05) is 44.4 Å². The molecule has 18 nitrogen and oxygen atoms in total. The normalized spacial score (nSPS) is 24.7. The van der Waals surface area contributed by atoms with Gasteiger partial charge in [0.05, 0.1) is 38.8 Å². The summed E-state index contributed by atoms with van der Waals surface area (Å²) in [5.74, 6) is 2.40. The molecule has 62 heavy (non-hydrogen) atoms. The maximum atomic E-state index is 13.4. The Morgan fingerprint density at radius 3 is 1.73 bits per heavy atom. The molecule has 0 spiro atoms. The monoisotopic (exact) mass is 902 g/mol. The molecular formula is C41H50N12O6S3. The standard InChI is InChI=1S/C24H28N6O4S2.C17H22N6O2S/c1-3-16-12-17(28-35(31,32)18-8-9-18)13-20(16)23-27-26-22-14-25-24-21(30(22)23)10-11-29(24)36(33,34)19-6-4-15(2)5-7-19;1-2-10-7-11(22-26(24,25)12-3-4-12)8-13(10)17-21-20-15-9-19-16-14(23(15)17)5-6-18-16/h4-7,10-11,14,16-18,20,28H,3,8-9,12-13H2,1-2H3;5-6,9-13,18,22H,2-4,7-8H2,1H3/t16-,17+,20+;10-,11+,13+/m11/s1. The molecule has 1 aromatic carbocycles. The summed E-state index contributed by atoms with van der Waals surface area (Å²) < 4.78 is 87.5. The predicted octanol–water partition coefficient (Wildman–Crippen LogP) is 4.94. The van der Waals surface area contributed by atoms with E-state index in [4.69, 9.17) is 0 Å². The summed E-state index contributed by atoms with van der Waals surface area (Å²) in [4.78, 5) is 12.1. The van der Waals surface area contributed by atoms with Crippen LogP contribution in [0.15, 0.2) is 66.1 Å². The first kappa shape index (κ1) is 41.2. The fourth-order valence-corrected chi connectivity index (χ4v) is 14.2. The maximum Gasteiger partial charge on any atom is 0.269 e. The number of aromatic nitrogens is 10. The molecule has 11 rings (SSSR count). The van der Waals surface area contributed by atoms with Crippen LogP contribution in [0.1, 0.15) is 107 Å². The van der Waals surface area contributed by atoms with Gasteiger partial charge in [0.25, 0.3) is 10.0 Å². The number of benzene rings is 1. The first-order valence-corrected chi connectivity index (χ1v) is 26.0. The van der Waals surface area contributed by atoms with Gasteiger partial charge in [-0.15, -0.1) is 20.4 Å². The van der Waals surface area contributed by atoms with Crippen molar-refractivity contribution < 1.29 is 25.3 Å². The number of fused-ring (bicyclic) bond motifs is 6. The van der Waals surface area contributed by atoms with Crippen LogP contribution in [0.2, 0.25) is 0 Å². The van der Waals surface area contributed by atoms with Gasteiger partial charge in [-0.3, -0.25) is 8.80 Å². The Labute approximate surface area is 359 Å². The molecular weight excluding hydrogens is 853 g/mol. The molecule has 4 aliphatic rings. The molecule has 0 amide bonds. The summed E-state index contributed by atoms with van der Waals surface area (Å²) in [6, 6.07) is 10.2. The number of hydrogen-bond donors (Lipinski definition) is 3. The molecule has 4 fully saturated rings. The van der Waals surface area contributed by atoms with E-state index in [1.807, 2.05) is 23.6 Å². The van der Waals surface area contributed by atoms with Gasteiger partial charge in [0.2, 0.25) is 20.0 Å². The molecule has 0 bridgehead atoms. The molecule has 4 aliphatic carbocycles. The molecule has 0 unspecified atom stereocenters. The molecule has 0 radical (unpaired) electrons. The van der Waals surface area contributed by atoms with Crippen LogP contribution in [0.4, 0.5) is 0 Å². The second-order valence-electron chi connectivity index (χ2n) is 17.5. The highest BCUT2D eigenvalue weighted by atomic mass is 32.2. The smallest absolute Gasteiger partial charge is 0.269 e. The van der Waals surface area contributed by atoms with E-state index in [1.165, 1.54) is 16.4 Å². The molecule has 6 aromatic heterocycles. The Balaban J connectivity index is 0.000000156. The zero-order valence-electron chi connectivity index (χ0n) is 34.7. The summed E-state index contributed by atoms with van der Waals surface area (Å²) >= 11 is 0. The van der Waals surface area contributed by atoms with Gasteiger partial charge in [0.15, 0.2) is 22.6 Å². The van der Waals surface area contributed by atoms with Crippen molar-refractivity contribution in [1.82, 2.24) is 57.6 Å². The molecule has 3 N–H and O–H groups in total. The molecule has 6 heterocycles. The zero-order chi connectivity index (χ0) is 43.1. The molecule has 4 saturated carbocycles. The Morgan fingerprint density at radius 2 is 1.19 bits per heavy atom. The van der Waals surface area contributed by atoms with Crippen molar-refractivity contribution in [1.29, 1.82) is 0 Å². The lowest BCUT2D eigenvalue weighted by Gasteiger charge is -2.16. The van der Waals surface area contributed by atoms with Crippen LogP contribution in [0.3, 0.4) is 0 Å². The predicted molar refractivity (Wildman–Crippen MR) is 232 cm³/mol. The van der Waals surface area contributed by atoms with E-state index in [0.717, 1.165) is 86.0 Å². The second-order valence-corrected chi connectivity index (χ2v) is 23.3. The lowest BCUT2D eigenvalue weighted by molar-refractivity contribution is 0.449. The van der Waals surface area contributed by atoms with Crippen molar-refractivity contribution in [3.8, 4) is 0 Å². The molecule has 0 saturated heterocycles. The second kappa shape index (κ2) is 15.5. The van der Waals surface area contributed by atoms with E-state index in [9.17, 15) is 25.3 Å². The maximum absolute atomic E-state index is 13.4. The first-order chi connectivity index (χ1) is 29.8. The third-order valence-corrected chi connectivity index (χ3v) is 19.0. The minimum absolute atomic E-state index is 0.0143. The number of nitrogens with zero attached hydrogens (tertiary/aromatic N) is 9. The highest BCUT2D eigenvalue weighted by molar-refractivity contribution is 7.90. The summed E-state index contributed by atoms with van der Waals surface area (Å²) in [6.45, 7) is 6.16. The van der Waals surface area contributed by atoms with Crippen LogP contribution in [0.25, 0.3) is 33.6 Å². The molecule has 0 aliphatic heterocycles. The average molecular weight is 903 g/mol. The largest absolute Gasteiger partial charge is 0.345 e. The van der Waals surface area contributed by atoms with E-state index in [0.29, 0.717) is 35.0 Å². The average Bonchev–Trinajstić information content (AvgIpc) is 3.89. The third kappa shape index (κ3) is 7.37. The van der Waals surface area contributed by atoms with Gasteiger partial charge in [0.1, 0.15) is 11.6 Å². The topological polar surface area (TPSA) is 233 Å². The number of aryl methyl sites for hydroxylation is 1. The quantitative estimate of drug-likeness (QED) is 0.148. The number of aromatic amines is 1. The Morgan fingerprint density at radius 1 is 0.661 bits per heavy atom.